The molecule has 0 atom stereocenters. The van der Waals surface area contributed by atoms with Crippen molar-refractivity contribution in [3.8, 4) is 11.1 Å². The van der Waals surface area contributed by atoms with Crippen LogP contribution in [-0.2, 0) is 6.42 Å². The Morgan fingerprint density at radius 3 is 2.77 bits per heavy atom. The van der Waals surface area contributed by atoms with Crippen molar-refractivity contribution in [2.45, 2.75) is 20.3 Å². The molecule has 0 amide bonds. The number of aromatic nitrogens is 4. The van der Waals surface area contributed by atoms with Crippen molar-refractivity contribution in [3.63, 3.8) is 0 Å². The Morgan fingerprint density at radius 1 is 1.15 bits per heavy atom. The van der Waals surface area contributed by atoms with E-state index in [4.69, 9.17) is 0 Å². The first-order valence-electron chi connectivity index (χ1n) is 8.71. The summed E-state index contributed by atoms with van der Waals surface area (Å²) in [5, 5.41) is 4.46. The van der Waals surface area contributed by atoms with Crippen molar-refractivity contribution in [3.05, 3.63) is 90.3 Å². The van der Waals surface area contributed by atoms with Gasteiger partial charge in [0, 0.05) is 46.7 Å². The molecule has 26 heavy (non-hydrogen) atoms. The fourth-order valence-electron chi connectivity index (χ4n) is 3.20. The first kappa shape index (κ1) is 16.2. The Balaban J connectivity index is 1.79. The maximum absolute atomic E-state index is 4.67. The van der Waals surface area contributed by atoms with Crippen LogP contribution in [0.3, 0.4) is 0 Å². The van der Waals surface area contributed by atoms with Gasteiger partial charge in [0.15, 0.2) is 0 Å². The Bertz CT molecular complexity index is 1090. The molecule has 0 aliphatic carbocycles. The molecule has 4 heterocycles. The average molecular weight is 340 g/mol. The van der Waals surface area contributed by atoms with Crippen LogP contribution in [0, 0.1) is 6.92 Å². The third-order valence-corrected chi connectivity index (χ3v) is 4.67. The molecule has 4 heteroatoms. The quantitative estimate of drug-likeness (QED) is 0.540. The highest BCUT2D eigenvalue weighted by molar-refractivity contribution is 5.85. The number of hydrogen-bond acceptors (Lipinski definition) is 3. The van der Waals surface area contributed by atoms with Gasteiger partial charge in [0.25, 0.3) is 0 Å². The minimum Gasteiger partial charge on any atom is -0.264 e. The summed E-state index contributed by atoms with van der Waals surface area (Å²) in [6.07, 6.45) is 8.42. The molecule has 0 aliphatic heterocycles. The van der Waals surface area contributed by atoms with Crippen LogP contribution in [-0.4, -0.2) is 19.6 Å². The predicted octanol–water partition coefficient (Wildman–Crippen LogP) is 4.72. The van der Waals surface area contributed by atoms with Crippen molar-refractivity contribution in [2.24, 2.45) is 0 Å². The van der Waals surface area contributed by atoms with Crippen molar-refractivity contribution >= 4 is 11.1 Å². The topological polar surface area (TPSA) is 43.1 Å². The monoisotopic (exact) mass is 340 g/mol. The molecule has 0 aromatic carbocycles. The summed E-state index contributed by atoms with van der Waals surface area (Å²) in [6.45, 7) is 8.48. The second-order valence-electron chi connectivity index (χ2n) is 6.31. The summed E-state index contributed by atoms with van der Waals surface area (Å²) < 4.78 is 1.88. The third kappa shape index (κ3) is 2.80. The number of aryl methyl sites for hydroxylation is 2. The van der Waals surface area contributed by atoms with Gasteiger partial charge in [-0.25, -0.2) is 4.52 Å². The maximum Gasteiger partial charge on any atom is 0.0746 e. The number of nitrogens with zero attached hydrogens (tertiary/aromatic N) is 4. The highest BCUT2D eigenvalue weighted by Crippen LogP contribution is 2.29. The highest BCUT2D eigenvalue weighted by atomic mass is 15.2. The largest absolute Gasteiger partial charge is 0.264 e. The van der Waals surface area contributed by atoms with E-state index in [-0.39, 0.29) is 0 Å². The molecule has 0 unspecified atom stereocenters. The van der Waals surface area contributed by atoms with Crippen LogP contribution >= 0.6 is 0 Å². The first-order valence-corrected chi connectivity index (χ1v) is 8.71. The Morgan fingerprint density at radius 2 is 2.04 bits per heavy atom. The smallest absolute Gasteiger partial charge is 0.0746 e. The van der Waals surface area contributed by atoms with Gasteiger partial charge in [0.05, 0.1) is 11.7 Å². The fourth-order valence-corrected chi connectivity index (χ4v) is 3.20. The van der Waals surface area contributed by atoms with E-state index in [1.54, 1.807) is 6.20 Å². The molecule has 4 aromatic heterocycles. The second-order valence-corrected chi connectivity index (χ2v) is 6.31. The van der Waals surface area contributed by atoms with Crippen molar-refractivity contribution in [1.82, 2.24) is 19.6 Å². The van der Waals surface area contributed by atoms with Crippen molar-refractivity contribution in [1.29, 1.82) is 0 Å². The molecule has 0 radical (unpaired) electrons. The van der Waals surface area contributed by atoms with Gasteiger partial charge in [0.1, 0.15) is 0 Å². The molecule has 4 aromatic rings. The SMILES string of the molecule is C=C(c1ccn2ncc(-c3cccnc3)c2c1)c1ccc(CC)nc1C. The zero-order valence-corrected chi connectivity index (χ0v) is 15.0. The van der Waals surface area contributed by atoms with E-state index in [1.807, 2.05) is 48.2 Å². The molecular weight excluding hydrogens is 320 g/mol. The molecule has 4 rings (SSSR count). The van der Waals surface area contributed by atoms with Crippen LogP contribution in [0.15, 0.2) is 67.8 Å². The fraction of sp³-hybridized carbons (Fsp3) is 0.136. The third-order valence-electron chi connectivity index (χ3n) is 4.67. The van der Waals surface area contributed by atoms with Crippen LogP contribution in [0.4, 0.5) is 0 Å². The van der Waals surface area contributed by atoms with Gasteiger partial charge in [-0.1, -0.05) is 25.6 Å². The van der Waals surface area contributed by atoms with Crippen LogP contribution < -0.4 is 0 Å². The van der Waals surface area contributed by atoms with Gasteiger partial charge in [-0.05, 0) is 48.7 Å². The number of pyridine rings is 3. The average Bonchev–Trinajstić information content (AvgIpc) is 3.11. The molecule has 0 spiro atoms. The first-order chi connectivity index (χ1) is 12.7. The van der Waals surface area contributed by atoms with E-state index in [1.165, 1.54) is 0 Å². The standard InChI is InChI=1S/C22H20N4/c1-4-19-7-8-20(16(3)25-19)15(2)17-9-11-26-22(12-17)21(14-24-26)18-6-5-10-23-13-18/h5-14H,2,4H2,1,3H3. The molecule has 0 aliphatic rings. The summed E-state index contributed by atoms with van der Waals surface area (Å²) in [4.78, 5) is 8.89. The summed E-state index contributed by atoms with van der Waals surface area (Å²) >= 11 is 0. The normalized spacial score (nSPS) is 11.0. The molecule has 0 saturated heterocycles. The van der Waals surface area contributed by atoms with Crippen LogP contribution in [0.1, 0.15) is 29.4 Å². The summed E-state index contributed by atoms with van der Waals surface area (Å²) in [7, 11) is 0. The summed E-state index contributed by atoms with van der Waals surface area (Å²) in [5.41, 5.74) is 8.37. The van der Waals surface area contributed by atoms with E-state index in [9.17, 15) is 0 Å². The number of fused-ring (bicyclic) bond motifs is 1. The molecular formula is C22H20N4. The van der Waals surface area contributed by atoms with E-state index in [0.717, 1.165) is 51.2 Å². The Labute approximate surface area is 152 Å². The lowest BCUT2D eigenvalue weighted by Gasteiger charge is -2.11. The Kier molecular flexibility index (Phi) is 4.09. The summed E-state index contributed by atoms with van der Waals surface area (Å²) in [5.74, 6) is 0. The van der Waals surface area contributed by atoms with Crippen LogP contribution in [0.25, 0.3) is 22.2 Å². The van der Waals surface area contributed by atoms with Gasteiger partial charge in [-0.3, -0.25) is 9.97 Å². The Hall–Kier alpha value is -3.27. The molecule has 4 nitrogen and oxygen atoms in total. The van der Waals surface area contributed by atoms with Crippen LogP contribution in [0.2, 0.25) is 0 Å². The lowest BCUT2D eigenvalue weighted by atomic mass is 9.98. The van der Waals surface area contributed by atoms with E-state index >= 15 is 0 Å². The molecule has 0 fully saturated rings. The lowest BCUT2D eigenvalue weighted by molar-refractivity contribution is 0.960. The maximum atomic E-state index is 4.67. The van der Waals surface area contributed by atoms with E-state index in [2.05, 4.69) is 46.8 Å². The van der Waals surface area contributed by atoms with Gasteiger partial charge >= 0.3 is 0 Å². The molecule has 128 valence electrons. The lowest BCUT2D eigenvalue weighted by Crippen LogP contribution is -1.97. The minimum absolute atomic E-state index is 0.934. The predicted molar refractivity (Wildman–Crippen MR) is 105 cm³/mol. The molecule has 0 N–H and O–H groups in total. The zero-order valence-electron chi connectivity index (χ0n) is 15.0. The zero-order chi connectivity index (χ0) is 18.1. The number of rotatable bonds is 4. The molecule has 0 saturated carbocycles. The minimum atomic E-state index is 0.934. The van der Waals surface area contributed by atoms with E-state index < -0.39 is 0 Å². The summed E-state index contributed by atoms with van der Waals surface area (Å²) in [6, 6.07) is 12.3. The van der Waals surface area contributed by atoms with Crippen molar-refractivity contribution in [2.75, 3.05) is 0 Å². The van der Waals surface area contributed by atoms with E-state index in [0.29, 0.717) is 0 Å². The van der Waals surface area contributed by atoms with Gasteiger partial charge in [-0.15, -0.1) is 0 Å². The van der Waals surface area contributed by atoms with Crippen molar-refractivity contribution < 1.29 is 0 Å². The molecule has 0 bridgehead atoms. The van der Waals surface area contributed by atoms with Gasteiger partial charge in [-0.2, -0.15) is 5.10 Å². The van der Waals surface area contributed by atoms with Gasteiger partial charge < -0.3 is 0 Å². The van der Waals surface area contributed by atoms with Crippen LogP contribution in [0.5, 0.6) is 0 Å². The highest BCUT2D eigenvalue weighted by Gasteiger charge is 2.11. The van der Waals surface area contributed by atoms with Gasteiger partial charge in [0.2, 0.25) is 0 Å². The second kappa shape index (κ2) is 6.56. The number of hydrogen-bond donors (Lipinski definition) is 0.